The lowest BCUT2D eigenvalue weighted by Crippen LogP contribution is -2.49. The molecular formula is C23H26N2O2. The van der Waals surface area contributed by atoms with Crippen molar-refractivity contribution in [2.45, 2.75) is 32.1 Å². The van der Waals surface area contributed by atoms with E-state index in [9.17, 15) is 9.59 Å². The van der Waals surface area contributed by atoms with E-state index in [2.05, 4.69) is 24.3 Å². The molecule has 0 spiro atoms. The van der Waals surface area contributed by atoms with E-state index >= 15 is 0 Å². The minimum atomic E-state index is -0.372. The second-order valence-electron chi connectivity index (χ2n) is 7.61. The predicted octanol–water partition coefficient (Wildman–Crippen LogP) is 3.45. The zero-order valence-corrected chi connectivity index (χ0v) is 15.6. The Hall–Kier alpha value is -2.62. The second-order valence-corrected chi connectivity index (χ2v) is 7.61. The number of carbonyl (C=O) groups is 2. The van der Waals surface area contributed by atoms with Gasteiger partial charge < -0.3 is 9.80 Å². The molecule has 27 heavy (non-hydrogen) atoms. The monoisotopic (exact) mass is 362 g/mol. The Balaban J connectivity index is 1.36. The highest BCUT2D eigenvalue weighted by molar-refractivity contribution is 6.40. The fraction of sp³-hybridized carbons (Fsp3) is 0.391. The van der Waals surface area contributed by atoms with Crippen molar-refractivity contribution in [2.75, 3.05) is 24.5 Å². The van der Waals surface area contributed by atoms with E-state index in [4.69, 9.17) is 0 Å². The predicted molar refractivity (Wildman–Crippen MR) is 107 cm³/mol. The van der Waals surface area contributed by atoms with Crippen LogP contribution in [0.25, 0.3) is 0 Å². The summed E-state index contributed by atoms with van der Waals surface area (Å²) in [6, 6.07) is 18.4. The molecule has 0 bridgehead atoms. The second kappa shape index (κ2) is 7.95. The van der Waals surface area contributed by atoms with Crippen LogP contribution in [0.4, 0.5) is 5.69 Å². The van der Waals surface area contributed by atoms with E-state index < -0.39 is 0 Å². The molecule has 2 aliphatic rings. The molecule has 2 aliphatic heterocycles. The van der Waals surface area contributed by atoms with Crippen LogP contribution in [0.2, 0.25) is 0 Å². The topological polar surface area (TPSA) is 40.6 Å². The average molecular weight is 362 g/mol. The van der Waals surface area contributed by atoms with Gasteiger partial charge in [-0.25, -0.2) is 0 Å². The standard InChI is InChI=1S/C23H26N2O2/c26-22(23(27)25-14-6-10-20-9-4-5-11-21(20)25)24-15-12-19(13-16-24)17-18-7-2-1-3-8-18/h1-5,7-9,11,19H,6,10,12-17H2. The normalized spacial score (nSPS) is 17.5. The molecular weight excluding hydrogens is 336 g/mol. The first-order valence-electron chi connectivity index (χ1n) is 9.95. The minimum absolute atomic E-state index is 0.343. The van der Waals surface area contributed by atoms with Crippen molar-refractivity contribution >= 4 is 17.5 Å². The van der Waals surface area contributed by atoms with Crippen molar-refractivity contribution < 1.29 is 9.59 Å². The number of fused-ring (bicyclic) bond motifs is 1. The van der Waals surface area contributed by atoms with Gasteiger partial charge >= 0.3 is 11.8 Å². The molecule has 2 heterocycles. The number of amides is 2. The molecule has 140 valence electrons. The van der Waals surface area contributed by atoms with Crippen LogP contribution in [-0.4, -0.2) is 36.3 Å². The van der Waals surface area contributed by atoms with Crippen LogP contribution in [0.1, 0.15) is 30.4 Å². The van der Waals surface area contributed by atoms with Crippen molar-refractivity contribution in [1.29, 1.82) is 0 Å². The fourth-order valence-electron chi connectivity index (χ4n) is 4.28. The van der Waals surface area contributed by atoms with Gasteiger partial charge in [0.25, 0.3) is 0 Å². The first-order valence-corrected chi connectivity index (χ1v) is 9.95. The molecule has 2 aromatic rings. The van der Waals surface area contributed by atoms with Gasteiger partial charge in [0.1, 0.15) is 0 Å². The quantitative estimate of drug-likeness (QED) is 0.768. The lowest BCUT2D eigenvalue weighted by atomic mass is 9.90. The number of para-hydroxylation sites is 1. The Morgan fingerprint density at radius 2 is 1.56 bits per heavy atom. The first-order chi connectivity index (χ1) is 13.2. The molecule has 0 atom stereocenters. The highest BCUT2D eigenvalue weighted by atomic mass is 16.2. The smallest absolute Gasteiger partial charge is 0.316 e. The summed E-state index contributed by atoms with van der Waals surface area (Å²) in [4.78, 5) is 29.1. The van der Waals surface area contributed by atoms with Crippen LogP contribution < -0.4 is 4.90 Å². The average Bonchev–Trinajstić information content (AvgIpc) is 2.73. The largest absolute Gasteiger partial charge is 0.334 e. The lowest BCUT2D eigenvalue weighted by Gasteiger charge is -2.34. The Morgan fingerprint density at radius 3 is 2.33 bits per heavy atom. The molecule has 4 heteroatoms. The van der Waals surface area contributed by atoms with Crippen molar-refractivity contribution in [1.82, 2.24) is 4.90 Å². The number of piperidine rings is 1. The van der Waals surface area contributed by atoms with Crippen molar-refractivity contribution in [3.63, 3.8) is 0 Å². The van der Waals surface area contributed by atoms with Gasteiger partial charge in [-0.05, 0) is 55.2 Å². The summed E-state index contributed by atoms with van der Waals surface area (Å²) < 4.78 is 0. The van der Waals surface area contributed by atoms with Gasteiger partial charge in [0, 0.05) is 25.3 Å². The van der Waals surface area contributed by atoms with Gasteiger partial charge in [-0.2, -0.15) is 0 Å². The number of likely N-dealkylation sites (tertiary alicyclic amines) is 1. The van der Waals surface area contributed by atoms with Gasteiger partial charge in [0.2, 0.25) is 0 Å². The van der Waals surface area contributed by atoms with Gasteiger partial charge in [-0.1, -0.05) is 48.5 Å². The summed E-state index contributed by atoms with van der Waals surface area (Å²) in [5.41, 5.74) is 3.41. The highest BCUT2D eigenvalue weighted by Gasteiger charge is 2.32. The molecule has 0 unspecified atom stereocenters. The summed E-state index contributed by atoms with van der Waals surface area (Å²) in [5, 5.41) is 0. The van der Waals surface area contributed by atoms with Crippen LogP contribution in [-0.2, 0) is 22.4 Å². The molecule has 0 radical (unpaired) electrons. The number of hydrogen-bond acceptors (Lipinski definition) is 2. The van der Waals surface area contributed by atoms with Crippen LogP contribution in [0.15, 0.2) is 54.6 Å². The Bertz CT molecular complexity index is 810. The molecule has 4 nitrogen and oxygen atoms in total. The summed E-state index contributed by atoms with van der Waals surface area (Å²) in [7, 11) is 0. The van der Waals surface area contributed by atoms with Crippen molar-refractivity contribution in [2.24, 2.45) is 5.92 Å². The molecule has 0 aromatic heterocycles. The maximum atomic E-state index is 12.9. The Kier molecular flexibility index (Phi) is 5.23. The minimum Gasteiger partial charge on any atom is -0.334 e. The number of rotatable bonds is 2. The van der Waals surface area contributed by atoms with E-state index in [1.54, 1.807) is 9.80 Å². The Labute approximate surface area is 160 Å². The third-order valence-electron chi connectivity index (χ3n) is 5.81. The number of hydrogen-bond donors (Lipinski definition) is 0. The molecule has 0 saturated carbocycles. The number of anilines is 1. The molecule has 2 amide bonds. The number of carbonyl (C=O) groups excluding carboxylic acids is 2. The number of benzene rings is 2. The van der Waals surface area contributed by atoms with Gasteiger partial charge in [0.15, 0.2) is 0 Å². The fourth-order valence-corrected chi connectivity index (χ4v) is 4.28. The van der Waals surface area contributed by atoms with E-state index in [1.807, 2.05) is 30.3 Å². The zero-order valence-electron chi connectivity index (χ0n) is 15.6. The van der Waals surface area contributed by atoms with E-state index in [1.165, 1.54) is 5.56 Å². The van der Waals surface area contributed by atoms with E-state index in [0.717, 1.165) is 43.4 Å². The number of nitrogens with zero attached hydrogens (tertiary/aromatic N) is 2. The lowest BCUT2D eigenvalue weighted by molar-refractivity contribution is -0.145. The summed E-state index contributed by atoms with van der Waals surface area (Å²) >= 11 is 0. The number of aryl methyl sites for hydroxylation is 1. The third kappa shape index (κ3) is 3.90. The molecule has 2 aromatic carbocycles. The van der Waals surface area contributed by atoms with Crippen LogP contribution >= 0.6 is 0 Å². The molecule has 0 aliphatic carbocycles. The summed E-state index contributed by atoms with van der Waals surface area (Å²) in [5.74, 6) is -0.129. The summed E-state index contributed by atoms with van der Waals surface area (Å²) in [6.45, 7) is 1.99. The highest BCUT2D eigenvalue weighted by Crippen LogP contribution is 2.28. The maximum absolute atomic E-state index is 12.9. The molecule has 1 saturated heterocycles. The van der Waals surface area contributed by atoms with Gasteiger partial charge in [-0.15, -0.1) is 0 Å². The zero-order chi connectivity index (χ0) is 18.6. The van der Waals surface area contributed by atoms with E-state index in [0.29, 0.717) is 25.6 Å². The van der Waals surface area contributed by atoms with Gasteiger partial charge in [0.05, 0.1) is 0 Å². The van der Waals surface area contributed by atoms with E-state index in [-0.39, 0.29) is 11.8 Å². The Morgan fingerprint density at radius 1 is 0.852 bits per heavy atom. The van der Waals surface area contributed by atoms with Crippen LogP contribution in [0.5, 0.6) is 0 Å². The SMILES string of the molecule is O=C(C(=O)N1CCCc2ccccc21)N1CCC(Cc2ccccc2)CC1. The third-order valence-corrected chi connectivity index (χ3v) is 5.81. The maximum Gasteiger partial charge on any atom is 0.316 e. The van der Waals surface area contributed by atoms with Crippen molar-refractivity contribution in [3.05, 3.63) is 65.7 Å². The first kappa shape index (κ1) is 17.8. The molecule has 1 fully saturated rings. The van der Waals surface area contributed by atoms with Crippen LogP contribution in [0.3, 0.4) is 0 Å². The van der Waals surface area contributed by atoms with Gasteiger partial charge in [-0.3, -0.25) is 9.59 Å². The summed E-state index contributed by atoms with van der Waals surface area (Å²) in [6.07, 6.45) is 4.86. The molecule has 4 rings (SSSR count). The molecule has 0 N–H and O–H groups in total. The van der Waals surface area contributed by atoms with Crippen LogP contribution in [0, 0.1) is 5.92 Å². The van der Waals surface area contributed by atoms with Crippen molar-refractivity contribution in [3.8, 4) is 0 Å².